The largest absolute Gasteiger partial charge is 0.491 e. The van der Waals surface area contributed by atoms with E-state index in [0.29, 0.717) is 18.2 Å². The number of nitrogens with zero attached hydrogens (tertiary/aromatic N) is 2. The molecule has 1 N–H and O–H groups in total. The van der Waals surface area contributed by atoms with E-state index in [1.165, 1.54) is 0 Å². The van der Waals surface area contributed by atoms with Crippen molar-refractivity contribution in [3.05, 3.63) is 29.3 Å². The lowest BCUT2D eigenvalue weighted by Crippen LogP contribution is -2.49. The lowest BCUT2D eigenvalue weighted by atomic mass is 10.2. The number of ether oxygens (including phenoxy) is 2. The third kappa shape index (κ3) is 6.10. The van der Waals surface area contributed by atoms with Crippen LogP contribution < -0.4 is 4.74 Å². The van der Waals surface area contributed by atoms with Gasteiger partial charge < -0.3 is 19.5 Å². The van der Waals surface area contributed by atoms with Gasteiger partial charge in [-0.2, -0.15) is 0 Å². The van der Waals surface area contributed by atoms with Crippen LogP contribution in [-0.4, -0.2) is 80.6 Å². The molecule has 0 radical (unpaired) electrons. The summed E-state index contributed by atoms with van der Waals surface area (Å²) in [5, 5.41) is 10.8. The standard InChI is InChI=1S/C16H25ClN2O3/c1-18(2)10-16-11-19(7-8-21-16)9-14(20)12-22-15-5-3-13(17)4-6-15/h3-6,14,16,20H,7-12H2,1-2H3. The van der Waals surface area contributed by atoms with Crippen molar-refractivity contribution in [1.82, 2.24) is 9.80 Å². The van der Waals surface area contributed by atoms with Gasteiger partial charge in [-0.3, -0.25) is 4.90 Å². The third-order valence-electron chi connectivity index (χ3n) is 3.52. The molecule has 6 heteroatoms. The van der Waals surface area contributed by atoms with Crippen LogP contribution in [-0.2, 0) is 4.74 Å². The predicted octanol–water partition coefficient (Wildman–Crippen LogP) is 1.34. The van der Waals surface area contributed by atoms with Gasteiger partial charge in [-0.15, -0.1) is 0 Å². The molecule has 0 saturated carbocycles. The number of hydrogen-bond acceptors (Lipinski definition) is 5. The molecule has 2 atom stereocenters. The summed E-state index contributed by atoms with van der Waals surface area (Å²) < 4.78 is 11.3. The first-order chi connectivity index (χ1) is 10.5. The van der Waals surface area contributed by atoms with E-state index in [9.17, 15) is 5.11 Å². The number of morpholine rings is 1. The summed E-state index contributed by atoms with van der Waals surface area (Å²) >= 11 is 5.83. The molecule has 1 aliphatic heterocycles. The van der Waals surface area contributed by atoms with Gasteiger partial charge in [0.1, 0.15) is 18.5 Å². The molecule has 0 spiro atoms. The van der Waals surface area contributed by atoms with Gasteiger partial charge >= 0.3 is 0 Å². The van der Waals surface area contributed by atoms with Crippen LogP contribution in [0.25, 0.3) is 0 Å². The van der Waals surface area contributed by atoms with Gasteiger partial charge in [-0.05, 0) is 38.4 Å². The number of β-amino-alcohol motifs (C(OH)–C–C–N with tert-alkyl or cyclic N) is 1. The first-order valence-electron chi connectivity index (χ1n) is 7.58. The number of likely N-dealkylation sites (N-methyl/N-ethyl adjacent to an activating group) is 1. The summed E-state index contributed by atoms with van der Waals surface area (Å²) in [4.78, 5) is 4.35. The van der Waals surface area contributed by atoms with Crippen molar-refractivity contribution in [1.29, 1.82) is 0 Å². The van der Waals surface area contributed by atoms with Crippen molar-refractivity contribution in [2.45, 2.75) is 12.2 Å². The molecule has 0 aliphatic carbocycles. The quantitative estimate of drug-likeness (QED) is 0.818. The molecule has 124 valence electrons. The molecule has 1 aliphatic rings. The van der Waals surface area contributed by atoms with Crippen LogP contribution in [0.2, 0.25) is 5.02 Å². The summed E-state index contributed by atoms with van der Waals surface area (Å²) in [6.07, 6.45) is -0.318. The Labute approximate surface area is 137 Å². The molecule has 1 aromatic carbocycles. The van der Waals surface area contributed by atoms with Gasteiger partial charge in [-0.1, -0.05) is 11.6 Å². The summed E-state index contributed by atoms with van der Waals surface area (Å²) in [5.74, 6) is 0.718. The second-order valence-corrected chi connectivity index (χ2v) is 6.37. The van der Waals surface area contributed by atoms with E-state index in [4.69, 9.17) is 21.1 Å². The van der Waals surface area contributed by atoms with Gasteiger partial charge in [0.2, 0.25) is 0 Å². The molecular weight excluding hydrogens is 304 g/mol. The minimum absolute atomic E-state index is 0.202. The van der Waals surface area contributed by atoms with Gasteiger partial charge in [0.05, 0.1) is 12.7 Å². The first-order valence-corrected chi connectivity index (χ1v) is 7.96. The molecule has 2 unspecified atom stereocenters. The zero-order valence-corrected chi connectivity index (χ0v) is 14.0. The van der Waals surface area contributed by atoms with Crippen LogP contribution in [0.3, 0.4) is 0 Å². The maximum absolute atomic E-state index is 10.1. The normalized spacial score (nSPS) is 21.0. The Morgan fingerprint density at radius 1 is 1.41 bits per heavy atom. The monoisotopic (exact) mass is 328 g/mol. The van der Waals surface area contributed by atoms with Crippen LogP contribution in [0.15, 0.2) is 24.3 Å². The Balaban J connectivity index is 1.71. The summed E-state index contributed by atoms with van der Waals surface area (Å²) in [6, 6.07) is 7.15. The average molecular weight is 329 g/mol. The fourth-order valence-electron chi connectivity index (χ4n) is 2.54. The number of benzene rings is 1. The molecule has 0 aromatic heterocycles. The topological polar surface area (TPSA) is 45.2 Å². The summed E-state index contributed by atoms with van der Waals surface area (Å²) in [7, 11) is 4.08. The molecule has 0 bridgehead atoms. The Kier molecular flexibility index (Phi) is 6.92. The number of halogens is 1. The lowest BCUT2D eigenvalue weighted by Gasteiger charge is -2.35. The van der Waals surface area contributed by atoms with Gasteiger partial charge in [-0.25, -0.2) is 0 Å². The molecule has 2 rings (SSSR count). The Morgan fingerprint density at radius 2 is 2.14 bits per heavy atom. The van der Waals surface area contributed by atoms with Crippen molar-refractivity contribution < 1.29 is 14.6 Å². The van der Waals surface area contributed by atoms with E-state index in [-0.39, 0.29) is 12.7 Å². The highest BCUT2D eigenvalue weighted by molar-refractivity contribution is 6.30. The van der Waals surface area contributed by atoms with Gasteiger partial charge in [0.15, 0.2) is 0 Å². The minimum atomic E-state index is -0.520. The SMILES string of the molecule is CN(C)CC1CN(CC(O)COc2ccc(Cl)cc2)CCO1. The summed E-state index contributed by atoms with van der Waals surface area (Å²) in [5.41, 5.74) is 0. The zero-order chi connectivity index (χ0) is 15.9. The fraction of sp³-hybridized carbons (Fsp3) is 0.625. The van der Waals surface area contributed by atoms with Crippen LogP contribution >= 0.6 is 11.6 Å². The number of aliphatic hydroxyl groups excluding tert-OH is 1. The van der Waals surface area contributed by atoms with Crippen LogP contribution in [0.5, 0.6) is 5.75 Å². The lowest BCUT2D eigenvalue weighted by molar-refractivity contribution is -0.0519. The molecular formula is C16H25ClN2O3. The first kappa shape index (κ1) is 17.5. The second-order valence-electron chi connectivity index (χ2n) is 5.93. The number of hydrogen-bond donors (Lipinski definition) is 1. The van der Waals surface area contributed by atoms with Crippen molar-refractivity contribution >= 4 is 11.6 Å². The Bertz CT molecular complexity index is 442. The van der Waals surface area contributed by atoms with Crippen molar-refractivity contribution in [2.75, 3.05) is 53.5 Å². The Hall–Kier alpha value is -0.850. The van der Waals surface area contributed by atoms with E-state index in [0.717, 1.165) is 25.4 Å². The van der Waals surface area contributed by atoms with E-state index >= 15 is 0 Å². The average Bonchev–Trinajstić information content (AvgIpc) is 2.46. The number of aliphatic hydroxyl groups is 1. The van der Waals surface area contributed by atoms with Crippen molar-refractivity contribution in [2.24, 2.45) is 0 Å². The summed E-state index contributed by atoms with van der Waals surface area (Å²) in [6.45, 7) is 4.17. The number of rotatable bonds is 7. The zero-order valence-electron chi connectivity index (χ0n) is 13.2. The van der Waals surface area contributed by atoms with Crippen LogP contribution in [0.1, 0.15) is 0 Å². The minimum Gasteiger partial charge on any atom is -0.491 e. The van der Waals surface area contributed by atoms with E-state index < -0.39 is 6.10 Å². The molecule has 5 nitrogen and oxygen atoms in total. The Morgan fingerprint density at radius 3 is 2.82 bits per heavy atom. The fourth-order valence-corrected chi connectivity index (χ4v) is 2.66. The van der Waals surface area contributed by atoms with E-state index in [1.54, 1.807) is 24.3 Å². The maximum atomic E-state index is 10.1. The molecule has 22 heavy (non-hydrogen) atoms. The van der Waals surface area contributed by atoms with Crippen LogP contribution in [0.4, 0.5) is 0 Å². The predicted molar refractivity (Wildman–Crippen MR) is 87.7 cm³/mol. The smallest absolute Gasteiger partial charge is 0.119 e. The second kappa shape index (κ2) is 8.70. The van der Waals surface area contributed by atoms with Crippen molar-refractivity contribution in [3.8, 4) is 5.75 Å². The van der Waals surface area contributed by atoms with Gasteiger partial charge in [0, 0.05) is 31.2 Å². The van der Waals surface area contributed by atoms with Crippen molar-refractivity contribution in [3.63, 3.8) is 0 Å². The van der Waals surface area contributed by atoms with E-state index in [2.05, 4.69) is 9.80 Å². The molecule has 0 amide bonds. The van der Waals surface area contributed by atoms with Gasteiger partial charge in [0.25, 0.3) is 0 Å². The third-order valence-corrected chi connectivity index (χ3v) is 3.77. The highest BCUT2D eigenvalue weighted by Gasteiger charge is 2.22. The van der Waals surface area contributed by atoms with E-state index in [1.807, 2.05) is 14.1 Å². The molecule has 1 aromatic rings. The molecule has 1 saturated heterocycles. The highest BCUT2D eigenvalue weighted by atomic mass is 35.5. The highest BCUT2D eigenvalue weighted by Crippen LogP contribution is 2.16. The van der Waals surface area contributed by atoms with Crippen LogP contribution in [0, 0.1) is 0 Å². The molecule has 1 heterocycles. The maximum Gasteiger partial charge on any atom is 0.119 e. The molecule has 1 fully saturated rings.